The third-order valence-electron chi connectivity index (χ3n) is 6.05. The van der Waals surface area contributed by atoms with Crippen molar-refractivity contribution in [3.05, 3.63) is 52.7 Å². The quantitative estimate of drug-likeness (QED) is 0.765. The first-order chi connectivity index (χ1) is 14.1. The summed E-state index contributed by atoms with van der Waals surface area (Å²) in [5.41, 5.74) is 0.820. The summed E-state index contributed by atoms with van der Waals surface area (Å²) in [7, 11) is 2.10. The van der Waals surface area contributed by atoms with Gasteiger partial charge in [0.2, 0.25) is 11.8 Å². The number of amides is 2. The Labute approximate surface area is 175 Å². The molecule has 0 radical (unpaired) electrons. The van der Waals surface area contributed by atoms with Gasteiger partial charge in [0.1, 0.15) is 6.04 Å². The van der Waals surface area contributed by atoms with Gasteiger partial charge in [-0.2, -0.15) is 0 Å². The minimum absolute atomic E-state index is 0.0162. The second-order valence-electron chi connectivity index (χ2n) is 7.87. The second-order valence-corrected chi connectivity index (χ2v) is 8.90. The number of benzene rings is 1. The lowest BCUT2D eigenvalue weighted by Gasteiger charge is -2.33. The number of fused-ring (bicyclic) bond motifs is 1. The lowest BCUT2D eigenvalue weighted by molar-refractivity contribution is -0.126. The van der Waals surface area contributed by atoms with Gasteiger partial charge >= 0.3 is 0 Å². The van der Waals surface area contributed by atoms with E-state index in [1.807, 2.05) is 30.3 Å². The third-order valence-corrected chi connectivity index (χ3v) is 6.91. The van der Waals surface area contributed by atoms with Gasteiger partial charge in [0.05, 0.1) is 0 Å². The summed E-state index contributed by atoms with van der Waals surface area (Å²) in [6.45, 7) is 2.34. The molecule has 0 bridgehead atoms. The Kier molecular flexibility index (Phi) is 6.28. The number of hydrogen-bond donors (Lipinski definition) is 2. The highest BCUT2D eigenvalue weighted by Crippen LogP contribution is 2.29. The number of para-hydroxylation sites is 1. The van der Waals surface area contributed by atoms with Crippen molar-refractivity contribution in [2.24, 2.45) is 0 Å². The first kappa shape index (κ1) is 20.1. The Morgan fingerprint density at radius 1 is 1.24 bits per heavy atom. The molecule has 2 fully saturated rings. The van der Waals surface area contributed by atoms with E-state index in [-0.39, 0.29) is 29.9 Å². The minimum atomic E-state index is -0.120. The van der Waals surface area contributed by atoms with Gasteiger partial charge in [-0.15, -0.1) is 11.3 Å². The zero-order chi connectivity index (χ0) is 20.2. The molecule has 3 atom stereocenters. The lowest BCUT2D eigenvalue weighted by Crippen LogP contribution is -2.49. The fourth-order valence-electron chi connectivity index (χ4n) is 4.47. The number of carbonyl (C=O) groups is 2. The van der Waals surface area contributed by atoms with Crippen LogP contribution in [0, 0.1) is 0 Å². The first-order valence-electron chi connectivity index (χ1n) is 10.2. The van der Waals surface area contributed by atoms with Gasteiger partial charge in [0.15, 0.2) is 0 Å². The summed E-state index contributed by atoms with van der Waals surface area (Å²) in [5.74, 6) is 0.134. The molecule has 0 spiro atoms. The summed E-state index contributed by atoms with van der Waals surface area (Å²) >= 11 is 1.74. The van der Waals surface area contributed by atoms with Crippen LogP contribution in [0.3, 0.4) is 0 Å². The molecule has 0 unspecified atom stereocenters. The number of nitrogens with one attached hydrogen (secondary N) is 2. The number of likely N-dealkylation sites (N-methyl/N-ethyl adjacent to an activating group) is 1. The molecule has 4 rings (SSSR count). The molecule has 1 aromatic carbocycles. The van der Waals surface area contributed by atoms with E-state index in [0.29, 0.717) is 13.0 Å². The van der Waals surface area contributed by atoms with E-state index < -0.39 is 0 Å². The van der Waals surface area contributed by atoms with Crippen molar-refractivity contribution in [2.75, 3.05) is 25.5 Å². The Morgan fingerprint density at radius 3 is 2.83 bits per heavy atom. The van der Waals surface area contributed by atoms with E-state index in [0.717, 1.165) is 31.6 Å². The van der Waals surface area contributed by atoms with E-state index >= 15 is 0 Å². The molecule has 29 heavy (non-hydrogen) atoms. The fraction of sp³-hybridized carbons (Fsp3) is 0.455. The second kappa shape index (κ2) is 9.07. The number of nitrogens with zero attached hydrogens (tertiary/aromatic N) is 2. The van der Waals surface area contributed by atoms with Crippen LogP contribution in [0.4, 0.5) is 5.69 Å². The number of hydrogen-bond acceptors (Lipinski definition) is 5. The molecular formula is C22H28N4O2S. The maximum atomic E-state index is 12.8. The van der Waals surface area contributed by atoms with Gasteiger partial charge < -0.3 is 10.6 Å². The molecule has 2 saturated heterocycles. The van der Waals surface area contributed by atoms with E-state index in [4.69, 9.17) is 0 Å². The number of likely N-dealkylation sites (tertiary alicyclic amines) is 1. The predicted octanol–water partition coefficient (Wildman–Crippen LogP) is 2.54. The van der Waals surface area contributed by atoms with E-state index in [9.17, 15) is 9.59 Å². The maximum absolute atomic E-state index is 12.8. The van der Waals surface area contributed by atoms with Crippen molar-refractivity contribution in [2.45, 2.75) is 43.9 Å². The summed E-state index contributed by atoms with van der Waals surface area (Å²) in [6, 6.07) is 14.0. The molecule has 2 N–H and O–H groups in total. The smallest absolute Gasteiger partial charge is 0.239 e. The van der Waals surface area contributed by atoms with Crippen LogP contribution in [-0.2, 0) is 16.1 Å². The third kappa shape index (κ3) is 4.69. The van der Waals surface area contributed by atoms with E-state index in [1.54, 1.807) is 11.3 Å². The van der Waals surface area contributed by atoms with Crippen molar-refractivity contribution in [1.82, 2.24) is 15.1 Å². The zero-order valence-corrected chi connectivity index (χ0v) is 17.5. The molecule has 2 aromatic rings. The highest BCUT2D eigenvalue weighted by molar-refractivity contribution is 7.09. The average Bonchev–Trinajstić information content (AvgIpc) is 3.36. The van der Waals surface area contributed by atoms with E-state index in [1.165, 1.54) is 4.88 Å². The van der Waals surface area contributed by atoms with Crippen LogP contribution in [0.2, 0.25) is 0 Å². The van der Waals surface area contributed by atoms with Crippen LogP contribution in [0.25, 0.3) is 0 Å². The van der Waals surface area contributed by atoms with Gasteiger partial charge in [-0.25, -0.2) is 0 Å². The maximum Gasteiger partial charge on any atom is 0.239 e. The lowest BCUT2D eigenvalue weighted by atomic mass is 10.0. The Bertz CT molecular complexity index is 827. The number of carbonyl (C=O) groups excluding carboxylic acids is 2. The highest BCUT2D eigenvalue weighted by atomic mass is 32.1. The van der Waals surface area contributed by atoms with Crippen molar-refractivity contribution in [3.8, 4) is 0 Å². The Balaban J connectivity index is 1.36. The first-order valence-corrected chi connectivity index (χ1v) is 11.1. The average molecular weight is 413 g/mol. The summed E-state index contributed by atoms with van der Waals surface area (Å²) < 4.78 is 0. The molecule has 2 aliphatic rings. The van der Waals surface area contributed by atoms with Crippen LogP contribution in [0.5, 0.6) is 0 Å². The molecule has 154 valence electrons. The van der Waals surface area contributed by atoms with Gasteiger partial charge in [0.25, 0.3) is 0 Å². The van der Waals surface area contributed by atoms with Gasteiger partial charge in [0, 0.05) is 48.7 Å². The van der Waals surface area contributed by atoms with Gasteiger partial charge in [-0.1, -0.05) is 24.3 Å². The normalized spacial score (nSPS) is 25.3. The zero-order valence-electron chi connectivity index (χ0n) is 16.7. The Morgan fingerprint density at radius 2 is 2.07 bits per heavy atom. The molecule has 0 aliphatic carbocycles. The monoisotopic (exact) mass is 412 g/mol. The standard InChI is InChI=1S/C22H28N4O2S/c1-25-17(9-10-20(27)24-16-6-3-2-4-7-16)14-23-22(28)21-19(25)11-12-26(21)15-18-8-5-13-29-18/h2-8,13,17,19,21H,9-12,14-15H2,1H3,(H,23,28)(H,24,27)/t17-,19-,21-/m0/s1. The molecule has 6 nitrogen and oxygen atoms in total. The van der Waals surface area contributed by atoms with Crippen LogP contribution in [0.15, 0.2) is 47.8 Å². The highest BCUT2D eigenvalue weighted by Gasteiger charge is 2.44. The fourth-order valence-corrected chi connectivity index (χ4v) is 5.20. The molecule has 2 aliphatic heterocycles. The molecule has 1 aromatic heterocycles. The van der Waals surface area contributed by atoms with Crippen molar-refractivity contribution in [3.63, 3.8) is 0 Å². The van der Waals surface area contributed by atoms with Crippen molar-refractivity contribution >= 4 is 28.8 Å². The Hall–Kier alpha value is -2.22. The SMILES string of the molecule is CN1[C@@H](CCC(=O)Nc2ccccc2)CNC(=O)[C@@H]2[C@@H]1CCN2Cc1cccs1. The van der Waals surface area contributed by atoms with E-state index in [2.05, 4.69) is 45.0 Å². The van der Waals surface area contributed by atoms with Crippen LogP contribution in [-0.4, -0.2) is 59.9 Å². The molecule has 0 saturated carbocycles. The molecular weight excluding hydrogens is 384 g/mol. The molecule has 3 heterocycles. The van der Waals surface area contributed by atoms with Crippen molar-refractivity contribution < 1.29 is 9.59 Å². The topological polar surface area (TPSA) is 64.7 Å². The molecule has 7 heteroatoms. The van der Waals surface area contributed by atoms with Crippen LogP contribution < -0.4 is 10.6 Å². The summed E-state index contributed by atoms with van der Waals surface area (Å²) in [5, 5.41) is 8.16. The number of rotatable bonds is 6. The summed E-state index contributed by atoms with van der Waals surface area (Å²) in [6.07, 6.45) is 2.15. The number of anilines is 1. The van der Waals surface area contributed by atoms with Gasteiger partial charge in [-0.05, 0) is 43.5 Å². The predicted molar refractivity (Wildman–Crippen MR) is 116 cm³/mol. The van der Waals surface area contributed by atoms with Gasteiger partial charge in [-0.3, -0.25) is 19.4 Å². The largest absolute Gasteiger partial charge is 0.353 e. The number of thiophene rings is 1. The van der Waals surface area contributed by atoms with Crippen LogP contribution in [0.1, 0.15) is 24.1 Å². The minimum Gasteiger partial charge on any atom is -0.353 e. The summed E-state index contributed by atoms with van der Waals surface area (Å²) in [4.78, 5) is 31.1. The van der Waals surface area contributed by atoms with Crippen LogP contribution >= 0.6 is 11.3 Å². The molecule has 2 amide bonds. The van der Waals surface area contributed by atoms with Crippen molar-refractivity contribution in [1.29, 1.82) is 0 Å².